The van der Waals surface area contributed by atoms with Crippen molar-refractivity contribution in [3.8, 4) is 5.75 Å². The zero-order valence-corrected chi connectivity index (χ0v) is 14.4. The number of methoxy groups -OCH3 is 1. The number of carbonyl (C=O) groups excluding carboxylic acids is 2. The van der Waals surface area contributed by atoms with Gasteiger partial charge in [0.05, 0.1) is 12.6 Å². The molecular weight excluding hydrogens is 312 g/mol. The summed E-state index contributed by atoms with van der Waals surface area (Å²) in [5, 5.41) is 0.960. The normalized spacial score (nSPS) is 10.9. The van der Waals surface area contributed by atoms with Crippen LogP contribution in [0.5, 0.6) is 5.75 Å². The van der Waals surface area contributed by atoms with E-state index in [0.29, 0.717) is 11.3 Å². The predicted octanol–water partition coefficient (Wildman–Crippen LogP) is 2.26. The van der Waals surface area contributed by atoms with Crippen molar-refractivity contribution in [1.82, 2.24) is 9.47 Å². The number of likely N-dealkylation sites (N-methyl/N-ethyl adjacent to an activating group) is 1. The number of hydrogen-bond acceptors (Lipinski definition) is 6. The summed E-state index contributed by atoms with van der Waals surface area (Å²) in [5.74, 6) is 0.141. The topological polar surface area (TPSA) is 70.0 Å². The van der Waals surface area contributed by atoms with Gasteiger partial charge in [-0.15, -0.1) is 0 Å². The molecule has 0 N–H and O–H groups in total. The quantitative estimate of drug-likeness (QED) is 0.596. The second kappa shape index (κ2) is 7.83. The third kappa shape index (κ3) is 4.26. The molecule has 0 unspecified atom stereocenters. The summed E-state index contributed by atoms with van der Waals surface area (Å²) in [6, 6.07) is 5.56. The minimum Gasteiger partial charge on any atom is -0.497 e. The molecule has 7 heteroatoms. The number of nitrogens with zero attached hydrogens (tertiary/aromatic N) is 2. The fraction of sp³-hybridized carbons (Fsp3) is 0.412. The van der Waals surface area contributed by atoms with Gasteiger partial charge in [0.15, 0.2) is 0 Å². The molecule has 130 valence electrons. The Morgan fingerprint density at radius 1 is 1.21 bits per heavy atom. The molecule has 0 saturated carbocycles. The molecule has 0 saturated heterocycles. The Morgan fingerprint density at radius 2 is 1.96 bits per heavy atom. The van der Waals surface area contributed by atoms with E-state index in [1.165, 1.54) is 11.5 Å². The highest BCUT2D eigenvalue weighted by Gasteiger charge is 2.16. The van der Waals surface area contributed by atoms with Crippen LogP contribution in [0.15, 0.2) is 24.4 Å². The lowest BCUT2D eigenvalue weighted by Crippen LogP contribution is -2.16. The molecule has 1 aromatic heterocycles. The molecule has 0 spiro atoms. The monoisotopic (exact) mass is 334 g/mol. The predicted molar refractivity (Wildman–Crippen MR) is 89.3 cm³/mol. The van der Waals surface area contributed by atoms with E-state index >= 15 is 0 Å². The molecule has 1 heterocycles. The largest absolute Gasteiger partial charge is 0.497 e. The van der Waals surface area contributed by atoms with Crippen molar-refractivity contribution >= 4 is 23.0 Å². The van der Waals surface area contributed by atoms with E-state index in [9.17, 15) is 9.59 Å². The Labute approximate surface area is 140 Å². The van der Waals surface area contributed by atoms with Crippen LogP contribution in [-0.4, -0.2) is 56.1 Å². The molecule has 0 fully saturated rings. The van der Waals surface area contributed by atoms with Crippen LogP contribution in [-0.2, 0) is 20.7 Å². The van der Waals surface area contributed by atoms with E-state index in [-0.39, 0.29) is 0 Å². The Morgan fingerprint density at radius 3 is 2.58 bits per heavy atom. The maximum Gasteiger partial charge on any atom is 0.421 e. The fourth-order valence-electron chi connectivity index (χ4n) is 2.33. The van der Waals surface area contributed by atoms with Crippen molar-refractivity contribution in [3.63, 3.8) is 0 Å². The first-order valence-electron chi connectivity index (χ1n) is 7.55. The summed E-state index contributed by atoms with van der Waals surface area (Å²) in [6.45, 7) is 1.70. The summed E-state index contributed by atoms with van der Waals surface area (Å²) in [6.07, 6.45) is 1.94. The second-order valence-corrected chi connectivity index (χ2v) is 5.62. The number of benzene rings is 1. The number of carbonyl (C=O) groups is 2. The van der Waals surface area contributed by atoms with Gasteiger partial charge in [-0.1, -0.05) is 0 Å². The first-order chi connectivity index (χ1) is 11.4. The highest BCUT2D eigenvalue weighted by Crippen LogP contribution is 2.26. The van der Waals surface area contributed by atoms with Crippen molar-refractivity contribution in [1.29, 1.82) is 0 Å². The maximum absolute atomic E-state index is 12.3. The van der Waals surface area contributed by atoms with E-state index in [4.69, 9.17) is 9.47 Å². The SMILES string of the molecule is COc1ccc2c(CCN(C)C)cn(C(=O)OCOC(C)=O)c2c1. The van der Waals surface area contributed by atoms with Crippen LogP contribution in [0.25, 0.3) is 10.9 Å². The number of ether oxygens (including phenoxy) is 3. The molecular formula is C17H22N2O5. The van der Waals surface area contributed by atoms with Gasteiger partial charge in [0, 0.05) is 31.1 Å². The molecule has 24 heavy (non-hydrogen) atoms. The highest BCUT2D eigenvalue weighted by atomic mass is 16.7. The van der Waals surface area contributed by atoms with E-state index in [2.05, 4.69) is 9.64 Å². The lowest BCUT2D eigenvalue weighted by atomic mass is 10.1. The van der Waals surface area contributed by atoms with Gasteiger partial charge in [-0.2, -0.15) is 0 Å². The molecule has 0 amide bonds. The lowest BCUT2D eigenvalue weighted by Gasteiger charge is -2.08. The summed E-state index contributed by atoms with van der Waals surface area (Å²) in [4.78, 5) is 25.1. The van der Waals surface area contributed by atoms with Crippen molar-refractivity contribution < 1.29 is 23.8 Å². The Kier molecular flexibility index (Phi) is 5.81. The van der Waals surface area contributed by atoms with E-state index in [0.717, 1.165) is 23.9 Å². The number of rotatable bonds is 6. The van der Waals surface area contributed by atoms with Crippen LogP contribution >= 0.6 is 0 Å². The summed E-state index contributed by atoms with van der Waals surface area (Å²) >= 11 is 0. The number of hydrogen-bond donors (Lipinski definition) is 0. The van der Waals surface area contributed by atoms with E-state index < -0.39 is 18.9 Å². The van der Waals surface area contributed by atoms with Gasteiger partial charge in [-0.05, 0) is 38.2 Å². The summed E-state index contributed by atoms with van der Waals surface area (Å²) in [5.41, 5.74) is 1.72. The average molecular weight is 334 g/mol. The molecule has 0 radical (unpaired) electrons. The second-order valence-electron chi connectivity index (χ2n) is 5.62. The summed E-state index contributed by atoms with van der Waals surface area (Å²) < 4.78 is 16.3. The molecule has 2 aromatic rings. The number of fused-ring (bicyclic) bond motifs is 1. The van der Waals surface area contributed by atoms with Crippen LogP contribution in [0.3, 0.4) is 0 Å². The number of esters is 1. The molecule has 0 aliphatic heterocycles. The first-order valence-corrected chi connectivity index (χ1v) is 7.55. The van der Waals surface area contributed by atoms with Gasteiger partial charge >= 0.3 is 12.1 Å². The Bertz CT molecular complexity index is 736. The third-order valence-corrected chi connectivity index (χ3v) is 3.56. The smallest absolute Gasteiger partial charge is 0.421 e. The maximum atomic E-state index is 12.3. The number of aromatic nitrogens is 1. The highest BCUT2D eigenvalue weighted by molar-refractivity contribution is 5.92. The minimum atomic E-state index is -0.606. The van der Waals surface area contributed by atoms with Gasteiger partial charge in [-0.3, -0.25) is 9.36 Å². The Hall–Kier alpha value is -2.54. The van der Waals surface area contributed by atoms with Gasteiger partial charge in [0.25, 0.3) is 0 Å². The molecule has 0 atom stereocenters. The van der Waals surface area contributed by atoms with E-state index in [1.54, 1.807) is 19.4 Å². The minimum absolute atomic E-state index is 0.412. The van der Waals surface area contributed by atoms with Crippen molar-refractivity contribution in [2.45, 2.75) is 13.3 Å². The van der Waals surface area contributed by atoms with Crippen molar-refractivity contribution in [2.75, 3.05) is 34.5 Å². The van der Waals surface area contributed by atoms with Crippen molar-refractivity contribution in [3.05, 3.63) is 30.0 Å². The Balaban J connectivity index is 2.32. The first kappa shape index (κ1) is 17.8. The fourth-order valence-corrected chi connectivity index (χ4v) is 2.33. The van der Waals surface area contributed by atoms with Crippen LogP contribution in [0.1, 0.15) is 12.5 Å². The molecule has 0 aliphatic rings. The molecule has 1 aromatic carbocycles. The van der Waals surface area contributed by atoms with Crippen molar-refractivity contribution in [2.24, 2.45) is 0 Å². The summed E-state index contributed by atoms with van der Waals surface area (Å²) in [7, 11) is 5.56. The molecule has 2 rings (SSSR count). The van der Waals surface area contributed by atoms with Gasteiger partial charge in [0.2, 0.25) is 6.79 Å². The average Bonchev–Trinajstić information content (AvgIpc) is 2.90. The molecule has 0 bridgehead atoms. The standard InChI is InChI=1S/C17H22N2O5/c1-12(20)23-11-24-17(21)19-10-13(7-8-18(2)3)15-6-5-14(22-4)9-16(15)19/h5-6,9-10H,7-8,11H2,1-4H3. The zero-order chi connectivity index (χ0) is 17.7. The van der Waals surface area contributed by atoms with Crippen LogP contribution in [0.2, 0.25) is 0 Å². The third-order valence-electron chi connectivity index (χ3n) is 3.56. The van der Waals surface area contributed by atoms with Gasteiger partial charge in [0.1, 0.15) is 5.75 Å². The van der Waals surface area contributed by atoms with Crippen LogP contribution < -0.4 is 4.74 Å². The van der Waals surface area contributed by atoms with E-state index in [1.807, 2.05) is 26.2 Å². The van der Waals surface area contributed by atoms with Gasteiger partial charge < -0.3 is 19.1 Å². The van der Waals surface area contributed by atoms with Crippen LogP contribution in [0, 0.1) is 0 Å². The lowest BCUT2D eigenvalue weighted by molar-refractivity contribution is -0.149. The molecule has 0 aliphatic carbocycles. The van der Waals surface area contributed by atoms with Gasteiger partial charge in [-0.25, -0.2) is 4.79 Å². The van der Waals surface area contributed by atoms with Crippen LogP contribution in [0.4, 0.5) is 4.79 Å². The molecule has 7 nitrogen and oxygen atoms in total. The zero-order valence-electron chi connectivity index (χ0n) is 14.4.